The maximum Gasteiger partial charge on any atom is 0.214 e. The zero-order valence-electron chi connectivity index (χ0n) is 9.91. The Bertz CT molecular complexity index is 451. The van der Waals surface area contributed by atoms with Crippen LogP contribution in [0.5, 0.6) is 0 Å². The summed E-state index contributed by atoms with van der Waals surface area (Å²) in [5.41, 5.74) is 0.745. The minimum absolute atomic E-state index is 0.0242. The van der Waals surface area contributed by atoms with Crippen LogP contribution in [0.2, 0.25) is 0 Å². The molecule has 1 unspecified atom stereocenters. The van der Waals surface area contributed by atoms with E-state index in [0.717, 1.165) is 5.56 Å². The first-order valence-electron chi connectivity index (χ1n) is 5.86. The number of sulfonamides is 1. The molecule has 1 aromatic heterocycles. The molecule has 1 aliphatic heterocycles. The molecule has 2 rings (SSSR count). The van der Waals surface area contributed by atoms with E-state index in [1.807, 2.05) is 10.8 Å². The Hall–Kier alpha value is -0.470. The summed E-state index contributed by atoms with van der Waals surface area (Å²) < 4.78 is 31.6. The summed E-state index contributed by atoms with van der Waals surface area (Å²) in [6, 6.07) is 1.79. The zero-order valence-corrected chi connectivity index (χ0v) is 11.5. The number of aliphatic hydroxyl groups is 1. The highest BCUT2D eigenvalue weighted by molar-refractivity contribution is 7.90. The smallest absolute Gasteiger partial charge is 0.214 e. The highest BCUT2D eigenvalue weighted by Gasteiger charge is 2.27. The second kappa shape index (κ2) is 6.12. The van der Waals surface area contributed by atoms with Crippen molar-refractivity contribution < 1.29 is 18.3 Å². The van der Waals surface area contributed by atoms with Crippen LogP contribution in [0.1, 0.15) is 24.5 Å². The van der Waals surface area contributed by atoms with Gasteiger partial charge in [-0.25, -0.2) is 13.1 Å². The first-order chi connectivity index (χ1) is 8.59. The van der Waals surface area contributed by atoms with Crippen molar-refractivity contribution in [1.29, 1.82) is 0 Å². The highest BCUT2D eigenvalue weighted by atomic mass is 32.2. The summed E-state index contributed by atoms with van der Waals surface area (Å²) in [7, 11) is -3.36. The van der Waals surface area contributed by atoms with Gasteiger partial charge in [0.25, 0.3) is 0 Å². The van der Waals surface area contributed by atoms with E-state index < -0.39 is 21.4 Å². The number of hydrogen-bond donors (Lipinski definition) is 2. The first-order valence-corrected chi connectivity index (χ1v) is 8.35. The van der Waals surface area contributed by atoms with Crippen molar-refractivity contribution >= 4 is 21.4 Å². The largest absolute Gasteiger partial charge is 0.387 e. The lowest BCUT2D eigenvalue weighted by Crippen LogP contribution is -2.39. The molecule has 102 valence electrons. The third-order valence-electron chi connectivity index (χ3n) is 3.01. The van der Waals surface area contributed by atoms with E-state index in [9.17, 15) is 13.5 Å². The van der Waals surface area contributed by atoms with E-state index in [-0.39, 0.29) is 6.54 Å². The van der Waals surface area contributed by atoms with E-state index >= 15 is 0 Å². The Morgan fingerprint density at radius 1 is 1.50 bits per heavy atom. The van der Waals surface area contributed by atoms with Gasteiger partial charge in [-0.05, 0) is 35.2 Å². The van der Waals surface area contributed by atoms with Crippen molar-refractivity contribution in [2.75, 3.05) is 19.8 Å². The molecular weight excluding hydrogens is 274 g/mol. The van der Waals surface area contributed by atoms with Gasteiger partial charge in [-0.2, -0.15) is 11.3 Å². The minimum atomic E-state index is -3.36. The average Bonchev–Trinajstić information content (AvgIpc) is 2.91. The van der Waals surface area contributed by atoms with Crippen LogP contribution >= 0.6 is 11.3 Å². The summed E-state index contributed by atoms with van der Waals surface area (Å²) in [5, 5.41) is 13.1. The Labute approximate surface area is 111 Å². The molecule has 0 radical (unpaired) electrons. The number of rotatable bonds is 5. The van der Waals surface area contributed by atoms with Gasteiger partial charge in [-0.3, -0.25) is 0 Å². The van der Waals surface area contributed by atoms with Crippen molar-refractivity contribution in [3.05, 3.63) is 22.4 Å². The molecule has 2 heterocycles. The maximum atomic E-state index is 12.0. The van der Waals surface area contributed by atoms with Crippen LogP contribution in [-0.2, 0) is 14.8 Å². The summed E-state index contributed by atoms with van der Waals surface area (Å²) >= 11 is 1.48. The zero-order chi connectivity index (χ0) is 13.0. The Kier molecular flexibility index (Phi) is 4.74. The normalized spacial score (nSPS) is 19.8. The van der Waals surface area contributed by atoms with Gasteiger partial charge in [-0.1, -0.05) is 0 Å². The van der Waals surface area contributed by atoms with Gasteiger partial charge in [-0.15, -0.1) is 0 Å². The first kappa shape index (κ1) is 14.0. The molecule has 5 nitrogen and oxygen atoms in total. The lowest BCUT2D eigenvalue weighted by Gasteiger charge is -2.23. The SMILES string of the molecule is O=S(=O)(NCC(O)c1ccsc1)C1CCOCC1. The molecule has 18 heavy (non-hydrogen) atoms. The number of hydrogen-bond acceptors (Lipinski definition) is 5. The van der Waals surface area contributed by atoms with Gasteiger partial charge in [0.15, 0.2) is 0 Å². The molecule has 7 heteroatoms. The van der Waals surface area contributed by atoms with Crippen LogP contribution in [0.15, 0.2) is 16.8 Å². The molecule has 1 fully saturated rings. The average molecular weight is 291 g/mol. The molecule has 1 aliphatic rings. The molecule has 2 N–H and O–H groups in total. The topological polar surface area (TPSA) is 75.6 Å². The fourth-order valence-electron chi connectivity index (χ4n) is 1.88. The van der Waals surface area contributed by atoms with E-state index in [4.69, 9.17) is 4.74 Å². The number of thiophene rings is 1. The molecule has 0 bridgehead atoms. The van der Waals surface area contributed by atoms with Gasteiger partial charge in [0.1, 0.15) is 0 Å². The van der Waals surface area contributed by atoms with Gasteiger partial charge < -0.3 is 9.84 Å². The van der Waals surface area contributed by atoms with E-state index in [2.05, 4.69) is 4.72 Å². The monoisotopic (exact) mass is 291 g/mol. The molecule has 0 aromatic carbocycles. The lowest BCUT2D eigenvalue weighted by atomic mass is 10.2. The van der Waals surface area contributed by atoms with Gasteiger partial charge in [0.2, 0.25) is 10.0 Å². The second-order valence-electron chi connectivity index (χ2n) is 4.28. The van der Waals surface area contributed by atoms with Crippen molar-refractivity contribution in [1.82, 2.24) is 4.72 Å². The fourth-order valence-corrected chi connectivity index (χ4v) is 4.03. The third kappa shape index (κ3) is 3.52. The van der Waals surface area contributed by atoms with Crippen molar-refractivity contribution in [2.45, 2.75) is 24.2 Å². The van der Waals surface area contributed by atoms with Crippen molar-refractivity contribution in [3.63, 3.8) is 0 Å². The predicted molar refractivity (Wildman–Crippen MR) is 70.0 cm³/mol. The Balaban J connectivity index is 1.88. The number of ether oxygens (including phenoxy) is 1. The maximum absolute atomic E-state index is 12.0. The molecule has 0 amide bonds. The molecule has 0 saturated carbocycles. The Morgan fingerprint density at radius 3 is 2.83 bits per heavy atom. The number of nitrogens with one attached hydrogen (secondary N) is 1. The van der Waals surface area contributed by atoms with Crippen LogP contribution in [0.4, 0.5) is 0 Å². The third-order valence-corrected chi connectivity index (χ3v) is 5.63. The van der Waals surface area contributed by atoms with Gasteiger partial charge in [0, 0.05) is 19.8 Å². The number of aliphatic hydroxyl groups excluding tert-OH is 1. The molecule has 1 atom stereocenters. The molecule has 1 saturated heterocycles. The van der Waals surface area contributed by atoms with Crippen LogP contribution < -0.4 is 4.72 Å². The van der Waals surface area contributed by atoms with Crippen LogP contribution in [0.3, 0.4) is 0 Å². The standard InChI is InChI=1S/C11H17NO4S2/c13-11(9-3-6-17-8-9)7-12-18(14,15)10-1-4-16-5-2-10/h3,6,8,10-13H,1-2,4-5,7H2. The lowest BCUT2D eigenvalue weighted by molar-refractivity contribution is 0.0980. The fraction of sp³-hybridized carbons (Fsp3) is 0.636. The van der Waals surface area contributed by atoms with Crippen molar-refractivity contribution in [2.24, 2.45) is 0 Å². The highest BCUT2D eigenvalue weighted by Crippen LogP contribution is 2.18. The quantitative estimate of drug-likeness (QED) is 0.844. The molecular formula is C11H17NO4S2. The second-order valence-corrected chi connectivity index (χ2v) is 7.10. The molecule has 1 aromatic rings. The van der Waals surface area contributed by atoms with Crippen LogP contribution in [0.25, 0.3) is 0 Å². The van der Waals surface area contributed by atoms with E-state index in [1.54, 1.807) is 6.07 Å². The minimum Gasteiger partial charge on any atom is -0.387 e. The van der Waals surface area contributed by atoms with Crippen LogP contribution in [-0.4, -0.2) is 38.5 Å². The predicted octanol–water partition coefficient (Wildman–Crippen LogP) is 0.880. The van der Waals surface area contributed by atoms with Crippen molar-refractivity contribution in [3.8, 4) is 0 Å². The van der Waals surface area contributed by atoms with Gasteiger partial charge >= 0.3 is 0 Å². The van der Waals surface area contributed by atoms with E-state index in [1.165, 1.54) is 11.3 Å². The summed E-state index contributed by atoms with van der Waals surface area (Å²) in [6.45, 7) is 0.994. The summed E-state index contributed by atoms with van der Waals surface area (Å²) in [4.78, 5) is 0. The van der Waals surface area contributed by atoms with Crippen LogP contribution in [0, 0.1) is 0 Å². The molecule has 0 aliphatic carbocycles. The summed E-state index contributed by atoms with van der Waals surface area (Å²) in [5.74, 6) is 0. The Morgan fingerprint density at radius 2 is 2.22 bits per heavy atom. The summed E-state index contributed by atoms with van der Waals surface area (Å²) in [6.07, 6.45) is 0.249. The molecule has 0 spiro atoms. The van der Waals surface area contributed by atoms with E-state index in [0.29, 0.717) is 26.1 Å². The van der Waals surface area contributed by atoms with Gasteiger partial charge in [0.05, 0.1) is 11.4 Å².